The molecule has 0 spiro atoms. The maximum atomic E-state index is 14.6. The minimum atomic E-state index is -1.77. The molecule has 404 valence electrons. The Hall–Kier alpha value is -6.68. The maximum Gasteiger partial charge on any atom is 0.246 e. The first-order valence-corrected chi connectivity index (χ1v) is 26.2. The first kappa shape index (κ1) is 60.6. The molecule has 17 N–H and O–H groups in total. The van der Waals surface area contributed by atoms with Gasteiger partial charge in [0.25, 0.3) is 0 Å². The van der Waals surface area contributed by atoms with Crippen molar-refractivity contribution in [1.29, 1.82) is 0 Å². The van der Waals surface area contributed by atoms with Crippen LogP contribution in [0.2, 0.25) is 0 Å². The zero-order chi connectivity index (χ0) is 54.5. The molecule has 3 rings (SSSR count). The molecule has 2 fully saturated rings. The molecule has 2 aliphatic rings. The second-order valence-electron chi connectivity index (χ2n) is 18.2. The van der Waals surface area contributed by atoms with Crippen LogP contribution in [0, 0.1) is 11.8 Å². The summed E-state index contributed by atoms with van der Waals surface area (Å²) in [4.78, 5) is 161. The summed E-state index contributed by atoms with van der Waals surface area (Å²) in [6.07, 6.45) is -0.869. The van der Waals surface area contributed by atoms with Crippen LogP contribution < -0.4 is 65.5 Å². The highest BCUT2D eigenvalue weighted by molar-refractivity contribution is 8.76. The number of carbonyl (C=O) groups excluding carboxylic acids is 12. The van der Waals surface area contributed by atoms with Crippen molar-refractivity contribution >= 4 is 92.5 Å². The summed E-state index contributed by atoms with van der Waals surface area (Å²) in [7, 11) is 2.02. The van der Waals surface area contributed by atoms with Crippen molar-refractivity contribution in [3.63, 3.8) is 0 Å². The van der Waals surface area contributed by atoms with E-state index in [0.717, 1.165) is 21.6 Å². The van der Waals surface area contributed by atoms with E-state index in [0.29, 0.717) is 18.4 Å². The molecule has 2 saturated heterocycles. The minimum Gasteiger partial charge on any atom is -0.508 e. The first-order valence-electron chi connectivity index (χ1n) is 23.7. The first-order chi connectivity index (χ1) is 34.4. The molecule has 73 heavy (non-hydrogen) atoms. The largest absolute Gasteiger partial charge is 0.508 e. The predicted octanol–water partition coefficient (Wildman–Crippen LogP) is -4.49. The second kappa shape index (κ2) is 29.7. The van der Waals surface area contributed by atoms with Gasteiger partial charge in [0, 0.05) is 30.9 Å². The van der Waals surface area contributed by atoms with Crippen LogP contribution in [0.15, 0.2) is 24.3 Å². The number of nitrogens with two attached hydrogens (primary N) is 4. The molecule has 0 bridgehead atoms. The van der Waals surface area contributed by atoms with Crippen LogP contribution in [0.4, 0.5) is 0 Å². The Morgan fingerprint density at radius 2 is 1.37 bits per heavy atom. The van der Waals surface area contributed by atoms with Gasteiger partial charge in [-0.1, -0.05) is 67.8 Å². The number of nitrogens with one attached hydrogen (secondary N) is 8. The Labute approximate surface area is 430 Å². The lowest BCUT2D eigenvalue weighted by Gasteiger charge is -2.31. The molecular formula is C45H69N13O13S2. The quantitative estimate of drug-likeness (QED) is 0.0581. The van der Waals surface area contributed by atoms with Crippen LogP contribution in [-0.2, 0) is 64.0 Å². The highest BCUT2D eigenvalue weighted by atomic mass is 33.1. The van der Waals surface area contributed by atoms with E-state index in [1.807, 2.05) is 0 Å². The maximum absolute atomic E-state index is 14.6. The van der Waals surface area contributed by atoms with Gasteiger partial charge in [-0.05, 0) is 55.2 Å². The van der Waals surface area contributed by atoms with E-state index in [-0.39, 0.29) is 49.0 Å². The number of amides is 12. The Kier molecular flexibility index (Phi) is 24.7. The lowest BCUT2D eigenvalue weighted by Crippen LogP contribution is -2.61. The van der Waals surface area contributed by atoms with Crippen molar-refractivity contribution < 1.29 is 62.6 Å². The molecule has 2 heterocycles. The van der Waals surface area contributed by atoms with Crippen molar-refractivity contribution in [3.8, 4) is 5.75 Å². The normalized spacial score (nSPS) is 23.5. The Bertz CT molecular complexity index is 2190. The molecule has 26 nitrogen and oxygen atoms in total. The predicted molar refractivity (Wildman–Crippen MR) is 267 cm³/mol. The number of nitrogens with zero attached hydrogens (tertiary/aromatic N) is 1. The zero-order valence-corrected chi connectivity index (χ0v) is 42.8. The summed E-state index contributed by atoms with van der Waals surface area (Å²) >= 11 is 0. The van der Waals surface area contributed by atoms with Crippen LogP contribution in [-0.4, -0.2) is 160 Å². The van der Waals surface area contributed by atoms with Gasteiger partial charge in [-0.15, -0.1) is 0 Å². The third-order valence-electron chi connectivity index (χ3n) is 11.7. The highest BCUT2D eigenvalue weighted by Gasteiger charge is 2.41. The third kappa shape index (κ3) is 20.4. The topological polar surface area (TPSA) is 429 Å². The van der Waals surface area contributed by atoms with Crippen molar-refractivity contribution in [1.82, 2.24) is 47.4 Å². The molecule has 2 aliphatic heterocycles. The Morgan fingerprint density at radius 3 is 1.99 bits per heavy atom. The van der Waals surface area contributed by atoms with E-state index in [1.54, 1.807) is 27.7 Å². The van der Waals surface area contributed by atoms with Crippen molar-refractivity contribution in [3.05, 3.63) is 29.8 Å². The zero-order valence-electron chi connectivity index (χ0n) is 41.2. The second-order valence-corrected chi connectivity index (χ2v) is 20.7. The fourth-order valence-electron chi connectivity index (χ4n) is 7.58. The molecule has 12 amide bonds. The summed E-state index contributed by atoms with van der Waals surface area (Å²) in [6, 6.07) is -5.29. The van der Waals surface area contributed by atoms with Crippen molar-refractivity contribution in [2.24, 2.45) is 34.8 Å². The number of aromatic hydroxyl groups is 1. The number of phenols is 1. The molecule has 28 heteroatoms. The van der Waals surface area contributed by atoms with E-state index in [2.05, 4.69) is 42.5 Å². The van der Waals surface area contributed by atoms with E-state index < -0.39 is 157 Å². The van der Waals surface area contributed by atoms with Crippen LogP contribution in [0.25, 0.3) is 0 Å². The number of hydrogen-bond acceptors (Lipinski definition) is 16. The summed E-state index contributed by atoms with van der Waals surface area (Å²) in [5.74, 6) is -11.4. The van der Waals surface area contributed by atoms with E-state index in [1.165, 1.54) is 29.2 Å². The minimum absolute atomic E-state index is 0.0203. The van der Waals surface area contributed by atoms with E-state index in [4.69, 9.17) is 22.9 Å². The van der Waals surface area contributed by atoms with Gasteiger partial charge in [-0.2, -0.15) is 0 Å². The van der Waals surface area contributed by atoms with Crippen LogP contribution in [0.5, 0.6) is 5.75 Å². The molecule has 0 aromatic heterocycles. The Morgan fingerprint density at radius 1 is 0.753 bits per heavy atom. The fraction of sp³-hybridized carbons (Fsp3) is 0.600. The van der Waals surface area contributed by atoms with Crippen molar-refractivity contribution in [2.75, 3.05) is 31.1 Å². The smallest absolute Gasteiger partial charge is 0.246 e. The number of likely N-dealkylation sites (tertiary alicyclic amines) is 1. The average molecular weight is 1060 g/mol. The van der Waals surface area contributed by atoms with Crippen LogP contribution in [0.3, 0.4) is 0 Å². The van der Waals surface area contributed by atoms with Gasteiger partial charge < -0.3 is 75.5 Å². The van der Waals surface area contributed by atoms with Crippen molar-refractivity contribution in [2.45, 2.75) is 127 Å². The standard InChI is InChI=1S/C45H69N13O13S2/c1-5-23(4)37-44(70)52-27(12-13-33(47)60)40(66)54-30(17-34(48)61)41(67)56-31(21-73-72-20-26(46)38(64)53-29(42(68)57-37)16-24-8-10-25(59)11-9-24)45(71)58-14-6-7-32(58)43(69)55-28(15-22(2)3)39(65)51-19-36(63)50-18-35(49)62/h8-11,22-23,26-32,37,59H,5-7,12-21,46H2,1-4H3,(H2,47,60)(H2,48,61)(H2,49,62)(H,50,63)(H,51,65)(H,52,70)(H,53,64)(H,54,66)(H,55,69)(H,56,67)(H,57,68)/t23-,26-,27-,28-,29-,30-,31-,32-,37-/m0/s1. The SMILES string of the molecule is CC[C@H](C)[C@@H]1NC(=O)[C@H](Cc2ccc(O)cc2)NC(=O)[C@@H](N)CSSC[C@@H](C(=O)N2CCC[C@H]2C(=O)N[C@@H](CC(C)C)C(=O)NCC(=O)NCC(N)=O)NC(=O)[C@H](CC(N)=O)NC(=O)[C@H](CCC(N)=O)NC1=O. The number of phenolic OH excluding ortho intramolecular Hbond substituents is 1. The summed E-state index contributed by atoms with van der Waals surface area (Å²) in [5.41, 5.74) is 22.8. The molecule has 1 aromatic carbocycles. The van der Waals surface area contributed by atoms with Crippen LogP contribution >= 0.6 is 21.6 Å². The number of primary amides is 3. The molecule has 0 unspecified atom stereocenters. The lowest BCUT2D eigenvalue weighted by molar-refractivity contribution is -0.142. The summed E-state index contributed by atoms with van der Waals surface area (Å²) < 4.78 is 0. The molecule has 1 aromatic rings. The molecule has 0 saturated carbocycles. The van der Waals surface area contributed by atoms with E-state index in [9.17, 15) is 62.6 Å². The number of benzene rings is 1. The summed E-state index contributed by atoms with van der Waals surface area (Å²) in [6.45, 7) is 5.99. The highest BCUT2D eigenvalue weighted by Crippen LogP contribution is 2.26. The monoisotopic (exact) mass is 1060 g/mol. The summed E-state index contributed by atoms with van der Waals surface area (Å²) in [5, 5.41) is 30.0. The lowest BCUT2D eigenvalue weighted by atomic mass is 9.96. The molecule has 9 atom stereocenters. The Balaban J connectivity index is 2.02. The fourth-order valence-corrected chi connectivity index (χ4v) is 9.86. The number of carbonyl (C=O) groups is 12. The average Bonchev–Trinajstić information content (AvgIpc) is 3.83. The third-order valence-corrected chi connectivity index (χ3v) is 14.2. The molecule has 0 aliphatic carbocycles. The van der Waals surface area contributed by atoms with Gasteiger partial charge in [0.15, 0.2) is 0 Å². The molecular weight excluding hydrogens is 995 g/mol. The van der Waals surface area contributed by atoms with Gasteiger partial charge in [-0.25, -0.2) is 0 Å². The van der Waals surface area contributed by atoms with Gasteiger partial charge >= 0.3 is 0 Å². The molecule has 0 radical (unpaired) electrons. The number of hydrogen-bond donors (Lipinski definition) is 13. The van der Waals surface area contributed by atoms with E-state index >= 15 is 0 Å². The van der Waals surface area contributed by atoms with Gasteiger partial charge in [0.1, 0.15) is 48.0 Å². The van der Waals surface area contributed by atoms with Gasteiger partial charge in [0.05, 0.1) is 25.6 Å². The van der Waals surface area contributed by atoms with Crippen LogP contribution in [0.1, 0.15) is 78.2 Å². The van der Waals surface area contributed by atoms with Gasteiger partial charge in [0.2, 0.25) is 70.9 Å². The van der Waals surface area contributed by atoms with Gasteiger partial charge in [-0.3, -0.25) is 57.5 Å². The number of rotatable bonds is 19.